The van der Waals surface area contributed by atoms with Gasteiger partial charge in [-0.1, -0.05) is 0 Å². The summed E-state index contributed by atoms with van der Waals surface area (Å²) in [4.78, 5) is 10.5. The molecule has 1 aromatic heterocycles. The third-order valence-electron chi connectivity index (χ3n) is 1.82. The van der Waals surface area contributed by atoms with Gasteiger partial charge in [0.15, 0.2) is 0 Å². The molecule has 0 aliphatic heterocycles. The average molecular weight is 214 g/mol. The van der Waals surface area contributed by atoms with Crippen molar-refractivity contribution in [2.24, 2.45) is 7.05 Å². The molecule has 0 aliphatic rings. The Kier molecular flexibility index (Phi) is 4.11. The minimum Gasteiger partial charge on any atom is -0.481 e. The van der Waals surface area contributed by atoms with Crippen LogP contribution in [0.25, 0.3) is 0 Å². The van der Waals surface area contributed by atoms with Crippen molar-refractivity contribution >= 4 is 5.97 Å². The lowest BCUT2D eigenvalue weighted by molar-refractivity contribution is -0.136. The molecule has 0 saturated carbocycles. The second-order valence-electron chi connectivity index (χ2n) is 3.01. The summed E-state index contributed by atoms with van der Waals surface area (Å²) in [6, 6.07) is 0. The van der Waals surface area contributed by atoms with Crippen molar-refractivity contribution in [3.05, 3.63) is 11.8 Å². The molecule has 0 radical (unpaired) electrons. The molecule has 6 nitrogen and oxygen atoms in total. The van der Waals surface area contributed by atoms with Gasteiger partial charge < -0.3 is 14.6 Å². The molecule has 0 atom stereocenters. The molecule has 0 bridgehead atoms. The first kappa shape index (κ1) is 11.5. The standard InChI is InChI=1S/C9H14N2O4/c1-11-9(15-4-3-14-2)7(6-10-11)5-8(12)13/h6H,3-5H2,1-2H3,(H,12,13). The Morgan fingerprint density at radius 3 is 2.93 bits per heavy atom. The Bertz CT molecular complexity index is 335. The van der Waals surface area contributed by atoms with Crippen LogP contribution in [0.15, 0.2) is 6.20 Å². The lowest BCUT2D eigenvalue weighted by Crippen LogP contribution is -2.09. The number of aliphatic carboxylic acids is 1. The molecule has 1 aromatic rings. The van der Waals surface area contributed by atoms with Crippen LogP contribution >= 0.6 is 0 Å². The van der Waals surface area contributed by atoms with Gasteiger partial charge in [0.1, 0.15) is 6.61 Å². The first-order chi connectivity index (χ1) is 7.15. The van der Waals surface area contributed by atoms with Crippen molar-refractivity contribution in [2.45, 2.75) is 6.42 Å². The highest BCUT2D eigenvalue weighted by atomic mass is 16.5. The number of hydrogen-bond donors (Lipinski definition) is 1. The monoisotopic (exact) mass is 214 g/mol. The Balaban J connectivity index is 2.66. The van der Waals surface area contributed by atoms with Crippen LogP contribution < -0.4 is 4.74 Å². The predicted octanol–water partition coefficient (Wildman–Crippen LogP) is 0.0724. The highest BCUT2D eigenvalue weighted by Crippen LogP contribution is 2.17. The summed E-state index contributed by atoms with van der Waals surface area (Å²) in [5.74, 6) is -0.422. The maximum Gasteiger partial charge on any atom is 0.308 e. The van der Waals surface area contributed by atoms with Crippen LogP contribution in [0.4, 0.5) is 0 Å². The molecular formula is C9H14N2O4. The van der Waals surface area contributed by atoms with Crippen molar-refractivity contribution in [3.63, 3.8) is 0 Å². The number of carboxylic acids is 1. The quantitative estimate of drug-likeness (QED) is 0.678. The van der Waals surface area contributed by atoms with Crippen LogP contribution in [-0.2, 0) is 23.0 Å². The van der Waals surface area contributed by atoms with Crippen LogP contribution in [0.1, 0.15) is 5.56 Å². The topological polar surface area (TPSA) is 73.6 Å². The molecule has 0 amide bonds. The van der Waals surface area contributed by atoms with E-state index in [1.165, 1.54) is 10.9 Å². The number of carboxylic acid groups (broad SMARTS) is 1. The van der Waals surface area contributed by atoms with Gasteiger partial charge in [-0.05, 0) is 0 Å². The zero-order chi connectivity index (χ0) is 11.3. The molecule has 0 unspecified atom stereocenters. The number of aryl methyl sites for hydroxylation is 1. The van der Waals surface area contributed by atoms with Crippen LogP contribution in [0, 0.1) is 0 Å². The van der Waals surface area contributed by atoms with E-state index in [-0.39, 0.29) is 6.42 Å². The summed E-state index contributed by atoms with van der Waals surface area (Å²) >= 11 is 0. The SMILES string of the molecule is COCCOc1c(CC(=O)O)cnn1C. The third-order valence-corrected chi connectivity index (χ3v) is 1.82. The van der Waals surface area contributed by atoms with E-state index in [4.69, 9.17) is 14.6 Å². The van der Waals surface area contributed by atoms with Crippen LogP contribution in [0.5, 0.6) is 5.88 Å². The smallest absolute Gasteiger partial charge is 0.308 e. The van der Waals surface area contributed by atoms with E-state index in [0.29, 0.717) is 24.7 Å². The fourth-order valence-electron chi connectivity index (χ4n) is 1.16. The van der Waals surface area contributed by atoms with E-state index in [0.717, 1.165) is 0 Å². The van der Waals surface area contributed by atoms with Crippen molar-refractivity contribution in [3.8, 4) is 5.88 Å². The minimum atomic E-state index is -0.903. The van der Waals surface area contributed by atoms with Crippen molar-refractivity contribution in [2.75, 3.05) is 20.3 Å². The number of carbonyl (C=O) groups is 1. The molecule has 0 saturated heterocycles. The van der Waals surface area contributed by atoms with Gasteiger partial charge in [-0.25, -0.2) is 4.68 Å². The molecule has 1 N–H and O–H groups in total. The molecule has 15 heavy (non-hydrogen) atoms. The summed E-state index contributed by atoms with van der Waals surface area (Å²) in [6.45, 7) is 0.834. The maximum absolute atomic E-state index is 10.5. The van der Waals surface area contributed by atoms with Crippen LogP contribution in [-0.4, -0.2) is 41.2 Å². The first-order valence-electron chi connectivity index (χ1n) is 4.49. The molecule has 0 aromatic carbocycles. The summed E-state index contributed by atoms with van der Waals surface area (Å²) in [5, 5.41) is 12.6. The Hall–Kier alpha value is -1.56. The first-order valence-corrected chi connectivity index (χ1v) is 4.49. The third kappa shape index (κ3) is 3.25. The zero-order valence-electron chi connectivity index (χ0n) is 8.77. The number of hydrogen-bond acceptors (Lipinski definition) is 4. The minimum absolute atomic E-state index is 0.0871. The fourth-order valence-corrected chi connectivity index (χ4v) is 1.16. The maximum atomic E-state index is 10.5. The van der Waals surface area contributed by atoms with Crippen molar-refractivity contribution in [1.29, 1.82) is 0 Å². The molecule has 1 rings (SSSR count). The van der Waals surface area contributed by atoms with Gasteiger partial charge in [0.05, 0.1) is 19.2 Å². The largest absolute Gasteiger partial charge is 0.481 e. The highest BCUT2D eigenvalue weighted by Gasteiger charge is 2.12. The second-order valence-corrected chi connectivity index (χ2v) is 3.01. The number of rotatable bonds is 6. The molecule has 0 aliphatic carbocycles. The van der Waals surface area contributed by atoms with Crippen molar-refractivity contribution < 1.29 is 19.4 Å². The van der Waals surface area contributed by atoms with Crippen molar-refractivity contribution in [1.82, 2.24) is 9.78 Å². The molecule has 0 spiro atoms. The fraction of sp³-hybridized carbons (Fsp3) is 0.556. The van der Waals surface area contributed by atoms with Gasteiger partial charge in [-0.2, -0.15) is 5.10 Å². The van der Waals surface area contributed by atoms with Gasteiger partial charge in [0, 0.05) is 19.7 Å². The van der Waals surface area contributed by atoms with Crippen LogP contribution in [0.3, 0.4) is 0 Å². The Labute approximate surface area is 87.4 Å². The van der Waals surface area contributed by atoms with E-state index in [9.17, 15) is 4.79 Å². The lowest BCUT2D eigenvalue weighted by Gasteiger charge is -2.07. The molecular weight excluding hydrogens is 200 g/mol. The number of nitrogens with zero attached hydrogens (tertiary/aromatic N) is 2. The van der Waals surface area contributed by atoms with E-state index < -0.39 is 5.97 Å². The predicted molar refractivity (Wildman–Crippen MR) is 51.9 cm³/mol. The number of ether oxygens (including phenoxy) is 2. The van der Waals surface area contributed by atoms with Crippen LogP contribution in [0.2, 0.25) is 0 Å². The summed E-state index contributed by atoms with van der Waals surface area (Å²) in [7, 11) is 3.28. The van der Waals surface area contributed by atoms with Gasteiger partial charge in [0.2, 0.25) is 5.88 Å². The molecule has 1 heterocycles. The van der Waals surface area contributed by atoms with Gasteiger partial charge in [-0.3, -0.25) is 4.79 Å². The number of aromatic nitrogens is 2. The van der Waals surface area contributed by atoms with Gasteiger partial charge >= 0.3 is 5.97 Å². The Morgan fingerprint density at radius 1 is 1.60 bits per heavy atom. The average Bonchev–Trinajstić information content (AvgIpc) is 2.49. The summed E-state index contributed by atoms with van der Waals surface area (Å²) in [5.41, 5.74) is 0.570. The van der Waals surface area contributed by atoms with Gasteiger partial charge in [0.25, 0.3) is 0 Å². The second kappa shape index (κ2) is 5.35. The molecule has 0 fully saturated rings. The summed E-state index contributed by atoms with van der Waals surface area (Å²) in [6.07, 6.45) is 1.41. The molecule has 6 heteroatoms. The lowest BCUT2D eigenvalue weighted by atomic mass is 10.2. The zero-order valence-corrected chi connectivity index (χ0v) is 8.77. The Morgan fingerprint density at radius 2 is 2.33 bits per heavy atom. The van der Waals surface area contributed by atoms with E-state index in [2.05, 4.69) is 5.10 Å². The van der Waals surface area contributed by atoms with Gasteiger partial charge in [-0.15, -0.1) is 0 Å². The van der Waals surface area contributed by atoms with E-state index >= 15 is 0 Å². The summed E-state index contributed by atoms with van der Waals surface area (Å²) < 4.78 is 11.7. The van der Waals surface area contributed by atoms with E-state index in [1.54, 1.807) is 14.2 Å². The number of methoxy groups -OCH3 is 1. The highest BCUT2D eigenvalue weighted by molar-refractivity contribution is 5.70. The molecule has 84 valence electrons. The normalized spacial score (nSPS) is 10.3. The van der Waals surface area contributed by atoms with E-state index in [1.807, 2.05) is 0 Å².